The van der Waals surface area contributed by atoms with Crippen molar-refractivity contribution in [2.45, 2.75) is 12.5 Å². The van der Waals surface area contributed by atoms with Crippen LogP contribution in [0.2, 0.25) is 0 Å². The molecule has 5 rings (SSSR count). The second kappa shape index (κ2) is 12.4. The predicted octanol–water partition coefficient (Wildman–Crippen LogP) is 3.83. The number of morpholine rings is 1. The van der Waals surface area contributed by atoms with Gasteiger partial charge in [-0.25, -0.2) is 0 Å². The van der Waals surface area contributed by atoms with E-state index in [0.29, 0.717) is 72.1 Å². The summed E-state index contributed by atoms with van der Waals surface area (Å²) in [5.41, 5.74) is 3.45. The number of hydrogen-bond donors (Lipinski definition) is 2. The molecule has 3 heterocycles. The molecule has 0 saturated carbocycles. The lowest BCUT2D eigenvalue weighted by Crippen LogP contribution is -2.36. The number of nitriles is 1. The van der Waals surface area contributed by atoms with E-state index in [1.54, 1.807) is 12.1 Å². The number of ether oxygens (including phenoxy) is 3. The van der Waals surface area contributed by atoms with E-state index in [-0.39, 0.29) is 12.0 Å². The number of hydrogen-bond acceptors (Lipinski definition) is 8. The Morgan fingerprint density at radius 2 is 2.10 bits per heavy atom. The van der Waals surface area contributed by atoms with Crippen molar-refractivity contribution < 1.29 is 19.0 Å². The van der Waals surface area contributed by atoms with E-state index in [1.807, 2.05) is 30.3 Å². The summed E-state index contributed by atoms with van der Waals surface area (Å²) in [7, 11) is 0. The lowest BCUT2D eigenvalue weighted by Gasteiger charge is -2.25. The Bertz CT molecular complexity index is 1460. The molecule has 0 unspecified atom stereocenters. The third-order valence-corrected chi connectivity index (χ3v) is 6.56. The van der Waals surface area contributed by atoms with Crippen LogP contribution < -0.4 is 15.4 Å². The number of nitrogens with one attached hydrogen (secondary N) is 2. The summed E-state index contributed by atoms with van der Waals surface area (Å²) in [6.07, 6.45) is 11.1. The van der Waals surface area contributed by atoms with E-state index in [1.165, 1.54) is 12.3 Å². The number of terminal acetylenes is 1. The molecule has 1 aromatic heterocycles. The first kappa shape index (κ1) is 26.2. The number of aromatic nitrogens is 1. The van der Waals surface area contributed by atoms with Crippen LogP contribution in [0.25, 0.3) is 10.9 Å². The van der Waals surface area contributed by atoms with E-state index in [4.69, 9.17) is 20.6 Å². The number of carbonyl (C=O) groups is 1. The van der Waals surface area contributed by atoms with E-state index >= 15 is 0 Å². The molecule has 0 aliphatic carbocycles. The predicted molar refractivity (Wildman–Crippen MR) is 149 cm³/mol. The average Bonchev–Trinajstić information content (AvgIpc) is 3.47. The molecule has 0 spiro atoms. The Labute approximate surface area is 227 Å². The third-order valence-electron chi connectivity index (χ3n) is 6.56. The van der Waals surface area contributed by atoms with Crippen LogP contribution in [0.5, 0.6) is 5.75 Å². The number of anilines is 3. The van der Waals surface area contributed by atoms with Crippen molar-refractivity contribution in [2.24, 2.45) is 0 Å². The molecule has 2 aliphatic rings. The Morgan fingerprint density at radius 3 is 2.87 bits per heavy atom. The lowest BCUT2D eigenvalue weighted by atomic mass is 10.1. The zero-order valence-electron chi connectivity index (χ0n) is 21.5. The highest BCUT2D eigenvalue weighted by molar-refractivity contribution is 6.04. The number of fused-ring (bicyclic) bond motifs is 1. The minimum Gasteiger partial charge on any atom is -0.486 e. The Morgan fingerprint density at radius 1 is 1.23 bits per heavy atom. The van der Waals surface area contributed by atoms with Crippen LogP contribution in [0.15, 0.2) is 54.7 Å². The van der Waals surface area contributed by atoms with Gasteiger partial charge in [0.05, 0.1) is 48.9 Å². The van der Waals surface area contributed by atoms with Gasteiger partial charge in [-0.2, -0.15) is 5.26 Å². The van der Waals surface area contributed by atoms with E-state index in [0.717, 1.165) is 25.2 Å². The van der Waals surface area contributed by atoms with E-state index < -0.39 is 0 Å². The molecule has 2 aromatic carbocycles. The Balaban J connectivity index is 1.47. The van der Waals surface area contributed by atoms with Gasteiger partial charge in [0.1, 0.15) is 17.9 Å². The maximum absolute atomic E-state index is 12.9. The number of rotatable bonds is 8. The number of benzene rings is 2. The van der Waals surface area contributed by atoms with Gasteiger partial charge >= 0.3 is 0 Å². The van der Waals surface area contributed by atoms with Gasteiger partial charge in [0.25, 0.3) is 0 Å². The van der Waals surface area contributed by atoms with Crippen LogP contribution in [0.1, 0.15) is 17.5 Å². The quantitative estimate of drug-likeness (QED) is 0.339. The lowest BCUT2D eigenvalue weighted by molar-refractivity contribution is -0.111. The van der Waals surface area contributed by atoms with Crippen molar-refractivity contribution in [3.8, 4) is 24.2 Å². The average molecular weight is 524 g/mol. The molecule has 1 amide bonds. The zero-order chi connectivity index (χ0) is 27.0. The summed E-state index contributed by atoms with van der Waals surface area (Å²) >= 11 is 0. The topological polar surface area (TPSA) is 109 Å². The minimum absolute atomic E-state index is 0.127. The molecule has 9 heteroatoms. The van der Waals surface area contributed by atoms with Crippen molar-refractivity contribution in [1.29, 1.82) is 5.26 Å². The fourth-order valence-corrected chi connectivity index (χ4v) is 4.52. The SMILES string of the molecule is C#Cc1cccc(Nc2c(C#N)cnc3cc(O[C@H]4CCOC4)c(NC(=O)C=CCN4CCOCC4)cc23)c1. The molecule has 198 valence electrons. The first-order chi connectivity index (χ1) is 19.1. The molecule has 1 atom stereocenters. The van der Waals surface area contributed by atoms with E-state index in [2.05, 4.69) is 32.5 Å². The van der Waals surface area contributed by atoms with Gasteiger partial charge in [-0.1, -0.05) is 18.1 Å². The normalized spacial score (nSPS) is 17.5. The highest BCUT2D eigenvalue weighted by Gasteiger charge is 2.21. The molecule has 3 aromatic rings. The van der Waals surface area contributed by atoms with Gasteiger partial charge in [0.15, 0.2) is 0 Å². The zero-order valence-corrected chi connectivity index (χ0v) is 21.5. The van der Waals surface area contributed by atoms with Crippen molar-refractivity contribution in [3.05, 3.63) is 65.9 Å². The summed E-state index contributed by atoms with van der Waals surface area (Å²) in [5, 5.41) is 16.8. The summed E-state index contributed by atoms with van der Waals surface area (Å²) in [4.78, 5) is 19.6. The Kier molecular flexibility index (Phi) is 8.35. The van der Waals surface area contributed by atoms with Gasteiger partial charge in [0.2, 0.25) is 5.91 Å². The minimum atomic E-state index is -0.282. The largest absolute Gasteiger partial charge is 0.486 e. The molecule has 0 radical (unpaired) electrons. The summed E-state index contributed by atoms with van der Waals surface area (Å²) in [5.74, 6) is 2.83. The van der Waals surface area contributed by atoms with Crippen molar-refractivity contribution in [2.75, 3.05) is 56.7 Å². The standard InChI is InChI=1S/C30H29N5O4/c1-2-21-5-3-6-23(15-21)33-30-22(18-31)19-32-26-17-28(39-24-8-12-38-20-24)27(16-25(26)30)34-29(36)7-4-9-35-10-13-37-14-11-35/h1,3-7,15-17,19,24H,8-14,20H2,(H,32,33)(H,34,36)/t24-/m0/s1. The van der Waals surface area contributed by atoms with Crippen molar-refractivity contribution in [3.63, 3.8) is 0 Å². The van der Waals surface area contributed by atoms with Crippen molar-refractivity contribution >= 4 is 33.9 Å². The fourth-order valence-electron chi connectivity index (χ4n) is 4.52. The smallest absolute Gasteiger partial charge is 0.248 e. The number of nitrogens with zero attached hydrogens (tertiary/aromatic N) is 3. The highest BCUT2D eigenvalue weighted by atomic mass is 16.5. The summed E-state index contributed by atoms with van der Waals surface area (Å²) < 4.78 is 17.1. The molecular formula is C30H29N5O4. The second-order valence-corrected chi connectivity index (χ2v) is 9.28. The molecule has 0 bridgehead atoms. The molecular weight excluding hydrogens is 494 g/mol. The molecule has 2 N–H and O–H groups in total. The summed E-state index contributed by atoms with van der Waals surface area (Å²) in [6.45, 7) is 4.84. The summed E-state index contributed by atoms with van der Waals surface area (Å²) in [6, 6.07) is 13.1. The fraction of sp³-hybridized carbons (Fsp3) is 0.300. The van der Waals surface area contributed by atoms with Gasteiger partial charge in [-0.3, -0.25) is 14.7 Å². The maximum Gasteiger partial charge on any atom is 0.248 e. The Hall–Kier alpha value is -4.41. The molecule has 2 fully saturated rings. The van der Waals surface area contributed by atoms with Gasteiger partial charge in [-0.05, 0) is 24.3 Å². The molecule has 9 nitrogen and oxygen atoms in total. The van der Waals surface area contributed by atoms with Crippen LogP contribution >= 0.6 is 0 Å². The van der Waals surface area contributed by atoms with E-state index in [9.17, 15) is 10.1 Å². The van der Waals surface area contributed by atoms with Crippen LogP contribution in [0, 0.1) is 23.7 Å². The van der Waals surface area contributed by atoms with Crippen LogP contribution in [0.3, 0.4) is 0 Å². The van der Waals surface area contributed by atoms with Gasteiger partial charge in [-0.15, -0.1) is 6.42 Å². The van der Waals surface area contributed by atoms with Crippen molar-refractivity contribution in [1.82, 2.24) is 9.88 Å². The third kappa shape index (κ3) is 6.54. The molecule has 2 aliphatic heterocycles. The second-order valence-electron chi connectivity index (χ2n) is 9.28. The number of amides is 1. The first-order valence-electron chi connectivity index (χ1n) is 12.9. The van der Waals surface area contributed by atoms with Crippen LogP contribution in [-0.4, -0.2) is 68.0 Å². The maximum atomic E-state index is 12.9. The molecule has 2 saturated heterocycles. The van der Waals surface area contributed by atoms with Gasteiger partial charge in [0, 0.05) is 61.0 Å². The van der Waals surface area contributed by atoms with Crippen LogP contribution in [0.4, 0.5) is 17.1 Å². The highest BCUT2D eigenvalue weighted by Crippen LogP contribution is 2.37. The molecule has 39 heavy (non-hydrogen) atoms. The monoisotopic (exact) mass is 523 g/mol. The van der Waals surface area contributed by atoms with Gasteiger partial charge < -0.3 is 24.8 Å². The first-order valence-corrected chi connectivity index (χ1v) is 12.9. The number of carbonyl (C=O) groups excluding carboxylic acids is 1. The van der Waals surface area contributed by atoms with Crippen LogP contribution in [-0.2, 0) is 14.3 Å². The number of pyridine rings is 1.